The van der Waals surface area contributed by atoms with Gasteiger partial charge in [-0.05, 0) is 38.0 Å². The van der Waals surface area contributed by atoms with Crippen molar-refractivity contribution in [3.05, 3.63) is 41.5 Å². The molecule has 0 bridgehead atoms. The number of aromatic nitrogens is 2. The molecule has 1 unspecified atom stereocenters. The number of nitrogens with two attached hydrogens (primary N) is 1. The van der Waals surface area contributed by atoms with E-state index in [2.05, 4.69) is 10.1 Å². The van der Waals surface area contributed by atoms with E-state index in [0.29, 0.717) is 24.7 Å². The highest BCUT2D eigenvalue weighted by molar-refractivity contribution is 5.40. The zero-order chi connectivity index (χ0) is 13.7. The minimum atomic E-state index is -0.130. The molecule has 2 aromatic rings. The van der Waals surface area contributed by atoms with Crippen LogP contribution in [0, 0.1) is 0 Å². The van der Waals surface area contributed by atoms with Crippen LogP contribution in [0.4, 0.5) is 5.69 Å². The largest absolute Gasteiger partial charge is 0.399 e. The number of hydrogen-bond donors (Lipinski definition) is 1. The molecule has 0 spiro atoms. The number of nitrogens with zero attached hydrogens (tertiary/aromatic N) is 2. The fourth-order valence-corrected chi connectivity index (χ4v) is 1.86. The van der Waals surface area contributed by atoms with Crippen LogP contribution in [0.15, 0.2) is 28.8 Å². The van der Waals surface area contributed by atoms with Gasteiger partial charge in [-0.15, -0.1) is 0 Å². The lowest BCUT2D eigenvalue weighted by molar-refractivity contribution is 0.0683. The van der Waals surface area contributed by atoms with Gasteiger partial charge in [0.25, 0.3) is 0 Å². The molecular formula is C14H19N3O2. The monoisotopic (exact) mass is 261 g/mol. The Morgan fingerprint density at radius 1 is 1.37 bits per heavy atom. The summed E-state index contributed by atoms with van der Waals surface area (Å²) in [4.78, 5) is 4.33. The Kier molecular flexibility index (Phi) is 4.52. The molecule has 102 valence electrons. The van der Waals surface area contributed by atoms with E-state index in [1.807, 2.05) is 38.1 Å². The first-order valence-electron chi connectivity index (χ1n) is 6.47. The van der Waals surface area contributed by atoms with E-state index in [4.69, 9.17) is 15.0 Å². The molecule has 0 saturated heterocycles. The molecule has 0 fully saturated rings. The lowest BCUT2D eigenvalue weighted by atomic mass is 10.1. The molecule has 0 aliphatic carbocycles. The molecule has 0 saturated carbocycles. The van der Waals surface area contributed by atoms with Gasteiger partial charge in [-0.1, -0.05) is 17.3 Å². The molecule has 1 heterocycles. The molecule has 0 amide bonds. The fraction of sp³-hybridized carbons (Fsp3) is 0.429. The summed E-state index contributed by atoms with van der Waals surface area (Å²) >= 11 is 0. The van der Waals surface area contributed by atoms with Gasteiger partial charge in [-0.3, -0.25) is 0 Å². The first-order chi connectivity index (χ1) is 9.19. The van der Waals surface area contributed by atoms with E-state index in [9.17, 15) is 0 Å². The van der Waals surface area contributed by atoms with Crippen LogP contribution in [-0.2, 0) is 17.6 Å². The van der Waals surface area contributed by atoms with Gasteiger partial charge in [-0.25, -0.2) is 0 Å². The molecule has 0 aliphatic heterocycles. The summed E-state index contributed by atoms with van der Waals surface area (Å²) in [5.41, 5.74) is 7.67. The summed E-state index contributed by atoms with van der Waals surface area (Å²) in [6, 6.07) is 7.82. The smallest absolute Gasteiger partial charge is 0.227 e. The van der Waals surface area contributed by atoms with Crippen LogP contribution in [0.25, 0.3) is 0 Å². The number of benzene rings is 1. The van der Waals surface area contributed by atoms with Gasteiger partial charge >= 0.3 is 0 Å². The van der Waals surface area contributed by atoms with Crippen LogP contribution in [0.5, 0.6) is 0 Å². The first-order valence-corrected chi connectivity index (χ1v) is 6.47. The van der Waals surface area contributed by atoms with Gasteiger partial charge in [0.1, 0.15) is 6.10 Å². The highest BCUT2D eigenvalue weighted by atomic mass is 16.5. The lowest BCUT2D eigenvalue weighted by Crippen LogP contribution is -2.01. The predicted molar refractivity (Wildman–Crippen MR) is 72.6 cm³/mol. The van der Waals surface area contributed by atoms with Crippen LogP contribution >= 0.6 is 0 Å². The van der Waals surface area contributed by atoms with Crippen molar-refractivity contribution in [1.29, 1.82) is 0 Å². The van der Waals surface area contributed by atoms with E-state index in [1.54, 1.807) is 0 Å². The van der Waals surface area contributed by atoms with Crippen LogP contribution < -0.4 is 5.73 Å². The van der Waals surface area contributed by atoms with Gasteiger partial charge in [0.15, 0.2) is 5.82 Å². The molecule has 2 rings (SSSR count). The number of rotatable bonds is 6. The molecule has 1 aromatic heterocycles. The fourth-order valence-electron chi connectivity index (χ4n) is 1.86. The van der Waals surface area contributed by atoms with Crippen molar-refractivity contribution in [2.24, 2.45) is 0 Å². The van der Waals surface area contributed by atoms with Crippen molar-refractivity contribution < 1.29 is 9.26 Å². The summed E-state index contributed by atoms with van der Waals surface area (Å²) in [5.74, 6) is 1.23. The number of aryl methyl sites for hydroxylation is 2. The Hall–Kier alpha value is -1.88. The van der Waals surface area contributed by atoms with E-state index < -0.39 is 0 Å². The molecule has 0 radical (unpaired) electrons. The maximum Gasteiger partial charge on any atom is 0.227 e. The Morgan fingerprint density at radius 3 is 2.95 bits per heavy atom. The summed E-state index contributed by atoms with van der Waals surface area (Å²) in [7, 11) is 0. The van der Waals surface area contributed by atoms with E-state index >= 15 is 0 Å². The minimum absolute atomic E-state index is 0.130. The second-order valence-corrected chi connectivity index (χ2v) is 4.39. The SMILES string of the molecule is CCOC(C)c1noc(CCc2cccc(N)c2)n1. The van der Waals surface area contributed by atoms with Gasteiger partial charge < -0.3 is 15.0 Å². The lowest BCUT2D eigenvalue weighted by Gasteiger charge is -2.04. The molecule has 2 N–H and O–H groups in total. The molecule has 19 heavy (non-hydrogen) atoms. The summed E-state index contributed by atoms with van der Waals surface area (Å²) < 4.78 is 10.6. The van der Waals surface area contributed by atoms with Crippen molar-refractivity contribution in [3.63, 3.8) is 0 Å². The van der Waals surface area contributed by atoms with Crippen molar-refractivity contribution in [1.82, 2.24) is 10.1 Å². The van der Waals surface area contributed by atoms with Crippen molar-refractivity contribution in [2.75, 3.05) is 12.3 Å². The van der Waals surface area contributed by atoms with Crippen molar-refractivity contribution in [3.8, 4) is 0 Å². The second kappa shape index (κ2) is 6.33. The Balaban J connectivity index is 1.93. The normalized spacial score (nSPS) is 12.5. The number of nitrogen functional groups attached to an aromatic ring is 1. The highest BCUT2D eigenvalue weighted by Crippen LogP contribution is 2.14. The van der Waals surface area contributed by atoms with E-state index in [0.717, 1.165) is 17.7 Å². The van der Waals surface area contributed by atoms with Crippen LogP contribution in [0.2, 0.25) is 0 Å². The quantitative estimate of drug-likeness (QED) is 0.809. The summed E-state index contributed by atoms with van der Waals surface area (Å²) in [6.07, 6.45) is 1.40. The Bertz CT molecular complexity index is 525. The zero-order valence-corrected chi connectivity index (χ0v) is 11.3. The minimum Gasteiger partial charge on any atom is -0.399 e. The Labute approximate surface area is 112 Å². The van der Waals surface area contributed by atoms with Gasteiger partial charge in [0, 0.05) is 18.7 Å². The number of hydrogen-bond acceptors (Lipinski definition) is 5. The summed E-state index contributed by atoms with van der Waals surface area (Å²) in [6.45, 7) is 4.49. The maximum absolute atomic E-state index is 5.74. The van der Waals surface area contributed by atoms with Gasteiger partial charge in [0.2, 0.25) is 5.89 Å². The molecule has 1 atom stereocenters. The van der Waals surface area contributed by atoms with Crippen LogP contribution in [0.3, 0.4) is 0 Å². The molecular weight excluding hydrogens is 242 g/mol. The molecule has 1 aromatic carbocycles. The van der Waals surface area contributed by atoms with Crippen molar-refractivity contribution in [2.45, 2.75) is 32.8 Å². The third kappa shape index (κ3) is 3.79. The van der Waals surface area contributed by atoms with E-state index in [-0.39, 0.29) is 6.10 Å². The third-order valence-electron chi connectivity index (χ3n) is 2.84. The molecule has 0 aliphatic rings. The second-order valence-electron chi connectivity index (χ2n) is 4.39. The van der Waals surface area contributed by atoms with Crippen LogP contribution in [0.1, 0.15) is 37.2 Å². The van der Waals surface area contributed by atoms with Gasteiger partial charge in [-0.2, -0.15) is 4.98 Å². The Morgan fingerprint density at radius 2 is 2.21 bits per heavy atom. The van der Waals surface area contributed by atoms with Crippen molar-refractivity contribution >= 4 is 5.69 Å². The molecule has 5 heteroatoms. The first kappa shape index (κ1) is 13.5. The summed E-state index contributed by atoms with van der Waals surface area (Å²) in [5, 5.41) is 3.93. The topological polar surface area (TPSA) is 74.2 Å². The number of anilines is 1. The highest BCUT2D eigenvalue weighted by Gasteiger charge is 2.13. The van der Waals surface area contributed by atoms with Crippen LogP contribution in [-0.4, -0.2) is 16.7 Å². The standard InChI is InChI=1S/C14H19N3O2/c1-3-18-10(2)14-16-13(19-17-14)8-7-11-5-4-6-12(15)9-11/h4-6,9-10H,3,7-8,15H2,1-2H3. The predicted octanol–water partition coefficient (Wildman–Crippen LogP) is 2.53. The maximum atomic E-state index is 5.74. The van der Waals surface area contributed by atoms with E-state index in [1.165, 1.54) is 0 Å². The zero-order valence-electron chi connectivity index (χ0n) is 11.3. The van der Waals surface area contributed by atoms with Gasteiger partial charge in [0.05, 0.1) is 0 Å². The average Bonchev–Trinajstić information content (AvgIpc) is 2.86. The third-order valence-corrected chi connectivity index (χ3v) is 2.84. The number of ether oxygens (including phenoxy) is 1. The average molecular weight is 261 g/mol. The molecule has 5 nitrogen and oxygen atoms in total.